The van der Waals surface area contributed by atoms with E-state index in [0.29, 0.717) is 31.1 Å². The minimum Gasteiger partial charge on any atom is -0.339 e. The van der Waals surface area contributed by atoms with E-state index in [-0.39, 0.29) is 5.91 Å². The molecule has 1 aliphatic rings. The van der Waals surface area contributed by atoms with Crippen LogP contribution in [0.2, 0.25) is 0 Å². The fourth-order valence-electron chi connectivity index (χ4n) is 2.53. The van der Waals surface area contributed by atoms with Gasteiger partial charge in [0.1, 0.15) is 0 Å². The smallest absolute Gasteiger partial charge is 0.226 e. The second-order valence-electron chi connectivity index (χ2n) is 6.20. The molecule has 1 fully saturated rings. The molecule has 24 heavy (non-hydrogen) atoms. The topological polar surface area (TPSA) is 80.0 Å². The van der Waals surface area contributed by atoms with Crippen LogP contribution >= 0.6 is 0 Å². The SMILES string of the molecule is CCNCc1cccc(NC(=O)CCCc2nc(C3CC3)no2)c1. The van der Waals surface area contributed by atoms with Gasteiger partial charge in [-0.2, -0.15) is 4.98 Å². The second-order valence-corrected chi connectivity index (χ2v) is 6.20. The number of carbonyl (C=O) groups is 1. The molecule has 0 bridgehead atoms. The van der Waals surface area contributed by atoms with Gasteiger partial charge in [0.05, 0.1) is 0 Å². The maximum absolute atomic E-state index is 12.1. The van der Waals surface area contributed by atoms with Gasteiger partial charge in [0.25, 0.3) is 0 Å². The average molecular weight is 328 g/mol. The number of benzene rings is 1. The Morgan fingerprint density at radius 3 is 3.04 bits per heavy atom. The number of aromatic nitrogens is 2. The first-order chi connectivity index (χ1) is 11.7. The molecule has 1 aromatic carbocycles. The summed E-state index contributed by atoms with van der Waals surface area (Å²) in [5, 5.41) is 10.2. The number of rotatable bonds is 9. The summed E-state index contributed by atoms with van der Waals surface area (Å²) in [6.07, 6.45) is 4.11. The zero-order valence-corrected chi connectivity index (χ0v) is 14.0. The molecule has 0 atom stereocenters. The lowest BCUT2D eigenvalue weighted by atomic mass is 10.2. The Bertz CT molecular complexity index is 679. The minimum absolute atomic E-state index is 0.0116. The number of amides is 1. The zero-order chi connectivity index (χ0) is 16.8. The largest absolute Gasteiger partial charge is 0.339 e. The Labute approximate surface area is 142 Å². The highest BCUT2D eigenvalue weighted by Crippen LogP contribution is 2.38. The van der Waals surface area contributed by atoms with Crippen molar-refractivity contribution in [3.05, 3.63) is 41.5 Å². The standard InChI is InChI=1S/C18H24N4O2/c1-2-19-12-13-5-3-6-15(11-13)20-16(23)7-4-8-17-21-18(22-24-17)14-9-10-14/h3,5-6,11,14,19H,2,4,7-10,12H2,1H3,(H,20,23). The first kappa shape index (κ1) is 16.6. The van der Waals surface area contributed by atoms with E-state index in [0.717, 1.165) is 43.0 Å². The zero-order valence-electron chi connectivity index (χ0n) is 14.0. The predicted molar refractivity (Wildman–Crippen MR) is 91.7 cm³/mol. The summed E-state index contributed by atoms with van der Waals surface area (Å²) in [6.45, 7) is 3.80. The van der Waals surface area contributed by atoms with Crippen LogP contribution in [0.25, 0.3) is 0 Å². The van der Waals surface area contributed by atoms with Crippen molar-refractivity contribution in [3.8, 4) is 0 Å². The molecule has 2 N–H and O–H groups in total. The van der Waals surface area contributed by atoms with Crippen molar-refractivity contribution < 1.29 is 9.32 Å². The van der Waals surface area contributed by atoms with Crippen LogP contribution in [-0.2, 0) is 17.8 Å². The Morgan fingerprint density at radius 2 is 2.25 bits per heavy atom. The van der Waals surface area contributed by atoms with Crippen LogP contribution in [0.1, 0.15) is 55.8 Å². The number of hydrogen-bond acceptors (Lipinski definition) is 5. The third-order valence-electron chi connectivity index (χ3n) is 4.01. The molecular formula is C18H24N4O2. The average Bonchev–Trinajstić information content (AvgIpc) is 3.33. The highest BCUT2D eigenvalue weighted by Gasteiger charge is 2.28. The maximum Gasteiger partial charge on any atom is 0.226 e. The molecule has 6 nitrogen and oxygen atoms in total. The molecule has 1 aromatic heterocycles. The Hall–Kier alpha value is -2.21. The molecule has 0 saturated heterocycles. The third kappa shape index (κ3) is 4.89. The van der Waals surface area contributed by atoms with Gasteiger partial charge in [-0.15, -0.1) is 0 Å². The number of anilines is 1. The molecule has 0 radical (unpaired) electrons. The molecule has 3 rings (SSSR count). The maximum atomic E-state index is 12.1. The van der Waals surface area contributed by atoms with Gasteiger partial charge in [-0.3, -0.25) is 4.79 Å². The first-order valence-electron chi connectivity index (χ1n) is 8.66. The molecule has 128 valence electrons. The Balaban J connectivity index is 1.41. The van der Waals surface area contributed by atoms with Crippen LogP contribution in [0.3, 0.4) is 0 Å². The summed E-state index contributed by atoms with van der Waals surface area (Å²) in [7, 11) is 0. The number of hydrogen-bond donors (Lipinski definition) is 2. The van der Waals surface area contributed by atoms with E-state index in [1.165, 1.54) is 0 Å². The molecule has 0 spiro atoms. The second kappa shape index (κ2) is 8.06. The van der Waals surface area contributed by atoms with E-state index >= 15 is 0 Å². The highest BCUT2D eigenvalue weighted by atomic mass is 16.5. The molecular weight excluding hydrogens is 304 g/mol. The van der Waals surface area contributed by atoms with Crippen molar-refractivity contribution in [2.75, 3.05) is 11.9 Å². The lowest BCUT2D eigenvalue weighted by molar-refractivity contribution is -0.116. The van der Waals surface area contributed by atoms with Gasteiger partial charge in [-0.05, 0) is 43.5 Å². The van der Waals surface area contributed by atoms with Crippen molar-refractivity contribution in [2.24, 2.45) is 0 Å². The number of nitrogens with one attached hydrogen (secondary N) is 2. The molecule has 2 aromatic rings. The van der Waals surface area contributed by atoms with Gasteiger partial charge in [-0.25, -0.2) is 0 Å². The fourth-order valence-corrected chi connectivity index (χ4v) is 2.53. The molecule has 6 heteroatoms. The van der Waals surface area contributed by atoms with E-state index in [1.54, 1.807) is 0 Å². The molecule has 1 aliphatic carbocycles. The van der Waals surface area contributed by atoms with Crippen molar-refractivity contribution in [3.63, 3.8) is 0 Å². The van der Waals surface area contributed by atoms with E-state index in [4.69, 9.17) is 4.52 Å². The first-order valence-corrected chi connectivity index (χ1v) is 8.66. The summed E-state index contributed by atoms with van der Waals surface area (Å²) in [5.74, 6) is 1.97. The Morgan fingerprint density at radius 1 is 1.38 bits per heavy atom. The molecule has 0 aliphatic heterocycles. The number of nitrogens with zero attached hydrogens (tertiary/aromatic N) is 2. The number of aryl methyl sites for hydroxylation is 1. The molecule has 1 saturated carbocycles. The van der Waals surface area contributed by atoms with Crippen LogP contribution in [0.15, 0.2) is 28.8 Å². The lowest BCUT2D eigenvalue weighted by Crippen LogP contribution is -2.14. The van der Waals surface area contributed by atoms with Crippen molar-refractivity contribution in [2.45, 2.75) is 51.5 Å². The van der Waals surface area contributed by atoms with Gasteiger partial charge in [0.2, 0.25) is 11.8 Å². The fraction of sp³-hybridized carbons (Fsp3) is 0.500. The van der Waals surface area contributed by atoms with Crippen molar-refractivity contribution >= 4 is 11.6 Å². The molecule has 0 unspecified atom stereocenters. The van der Waals surface area contributed by atoms with Gasteiger partial charge in [0.15, 0.2) is 5.82 Å². The van der Waals surface area contributed by atoms with Gasteiger partial charge in [0, 0.05) is 31.0 Å². The molecule has 1 heterocycles. The van der Waals surface area contributed by atoms with Crippen LogP contribution in [-0.4, -0.2) is 22.6 Å². The summed E-state index contributed by atoms with van der Waals surface area (Å²) < 4.78 is 5.22. The van der Waals surface area contributed by atoms with Gasteiger partial charge in [-0.1, -0.05) is 24.2 Å². The van der Waals surface area contributed by atoms with Crippen molar-refractivity contribution in [1.29, 1.82) is 0 Å². The predicted octanol–water partition coefficient (Wildman–Crippen LogP) is 3.02. The van der Waals surface area contributed by atoms with Crippen LogP contribution in [0.4, 0.5) is 5.69 Å². The molecule has 1 amide bonds. The summed E-state index contributed by atoms with van der Waals surface area (Å²) in [6, 6.07) is 7.92. The number of carbonyl (C=O) groups excluding carboxylic acids is 1. The van der Waals surface area contributed by atoms with E-state index in [2.05, 4.69) is 27.7 Å². The normalized spacial score (nSPS) is 13.9. The van der Waals surface area contributed by atoms with Crippen LogP contribution in [0.5, 0.6) is 0 Å². The van der Waals surface area contributed by atoms with Crippen molar-refractivity contribution in [1.82, 2.24) is 15.5 Å². The summed E-state index contributed by atoms with van der Waals surface area (Å²) in [4.78, 5) is 16.4. The summed E-state index contributed by atoms with van der Waals surface area (Å²) >= 11 is 0. The summed E-state index contributed by atoms with van der Waals surface area (Å²) in [5.41, 5.74) is 2.00. The third-order valence-corrected chi connectivity index (χ3v) is 4.01. The van der Waals surface area contributed by atoms with Crippen LogP contribution in [0, 0.1) is 0 Å². The monoisotopic (exact) mass is 328 g/mol. The van der Waals surface area contributed by atoms with E-state index < -0.39 is 0 Å². The highest BCUT2D eigenvalue weighted by molar-refractivity contribution is 5.90. The lowest BCUT2D eigenvalue weighted by Gasteiger charge is -2.07. The quantitative estimate of drug-likeness (QED) is 0.739. The Kier molecular flexibility index (Phi) is 5.59. The van der Waals surface area contributed by atoms with E-state index in [1.807, 2.05) is 24.3 Å². The van der Waals surface area contributed by atoms with Gasteiger partial charge < -0.3 is 15.2 Å². The van der Waals surface area contributed by atoms with E-state index in [9.17, 15) is 4.79 Å². The van der Waals surface area contributed by atoms with Crippen LogP contribution < -0.4 is 10.6 Å². The van der Waals surface area contributed by atoms with Gasteiger partial charge >= 0.3 is 0 Å². The minimum atomic E-state index is 0.0116.